The number of benzene rings is 2. The van der Waals surface area contributed by atoms with E-state index >= 15 is 0 Å². The van der Waals surface area contributed by atoms with E-state index in [1.165, 1.54) is 0 Å². The highest BCUT2D eigenvalue weighted by atomic mass is 16.6. The van der Waals surface area contributed by atoms with Crippen LogP contribution in [0, 0.1) is 0 Å². The van der Waals surface area contributed by atoms with Crippen molar-refractivity contribution in [2.24, 2.45) is 0 Å². The van der Waals surface area contributed by atoms with E-state index in [1.54, 1.807) is 6.07 Å². The van der Waals surface area contributed by atoms with E-state index in [9.17, 15) is 9.59 Å². The van der Waals surface area contributed by atoms with Gasteiger partial charge in [-0.05, 0) is 37.0 Å². The van der Waals surface area contributed by atoms with E-state index in [0.717, 1.165) is 24.8 Å². The third kappa shape index (κ3) is 4.42. The number of hydrogen-bond acceptors (Lipinski definition) is 4. The van der Waals surface area contributed by atoms with E-state index in [0.29, 0.717) is 24.6 Å². The van der Waals surface area contributed by atoms with Crippen LogP contribution in [0.5, 0.6) is 11.5 Å². The predicted molar refractivity (Wildman–Crippen MR) is 114 cm³/mol. The molecule has 1 N–H and O–H groups in total. The number of rotatable bonds is 5. The zero-order chi connectivity index (χ0) is 20.9. The van der Waals surface area contributed by atoms with Crippen LogP contribution in [-0.2, 0) is 9.59 Å². The molecule has 0 saturated carbocycles. The topological polar surface area (TPSA) is 67.9 Å². The summed E-state index contributed by atoms with van der Waals surface area (Å²) in [6.45, 7) is 3.55. The maximum atomic E-state index is 13.0. The number of carbonyl (C=O) groups excluding carboxylic acids is 2. The Morgan fingerprint density at radius 2 is 1.70 bits per heavy atom. The van der Waals surface area contributed by atoms with Gasteiger partial charge in [0.25, 0.3) is 5.91 Å². The summed E-state index contributed by atoms with van der Waals surface area (Å²) in [6, 6.07) is 17.4. The molecule has 2 aliphatic heterocycles. The van der Waals surface area contributed by atoms with Gasteiger partial charge in [0, 0.05) is 19.1 Å². The molecule has 2 unspecified atom stereocenters. The third-order valence-corrected chi connectivity index (χ3v) is 5.86. The van der Waals surface area contributed by atoms with Crippen LogP contribution in [0.15, 0.2) is 54.6 Å². The third-order valence-electron chi connectivity index (χ3n) is 5.86. The Morgan fingerprint density at radius 3 is 2.40 bits per heavy atom. The zero-order valence-corrected chi connectivity index (χ0v) is 17.3. The van der Waals surface area contributed by atoms with Crippen molar-refractivity contribution in [2.45, 2.75) is 44.2 Å². The fourth-order valence-electron chi connectivity index (χ4n) is 4.15. The number of nitrogens with one attached hydrogen (secondary N) is 1. The van der Waals surface area contributed by atoms with Crippen LogP contribution in [0.3, 0.4) is 0 Å². The van der Waals surface area contributed by atoms with Crippen molar-refractivity contribution in [2.75, 3.05) is 19.7 Å². The molecule has 0 radical (unpaired) electrons. The first-order chi connectivity index (χ1) is 14.7. The molecule has 2 atom stereocenters. The lowest BCUT2D eigenvalue weighted by atomic mass is 9.93. The van der Waals surface area contributed by atoms with Crippen molar-refractivity contribution in [1.29, 1.82) is 0 Å². The standard InChI is InChI=1S/C24H28N2O4/c1-2-19(17-8-4-3-5-9-17)24(28)26-14-12-18(13-15-26)25-23(27)22-16-29-20-10-6-7-11-21(20)30-22/h3-11,18-19,22H,2,12-16H2,1H3,(H,25,27). The number of amides is 2. The maximum Gasteiger partial charge on any atom is 0.264 e. The first-order valence-corrected chi connectivity index (χ1v) is 10.7. The number of ether oxygens (including phenoxy) is 2. The Bertz CT molecular complexity index is 878. The van der Waals surface area contributed by atoms with Gasteiger partial charge in [0.05, 0.1) is 5.92 Å². The Hall–Kier alpha value is -3.02. The lowest BCUT2D eigenvalue weighted by Gasteiger charge is -2.35. The number of hydrogen-bond donors (Lipinski definition) is 1. The van der Waals surface area contributed by atoms with Gasteiger partial charge in [-0.15, -0.1) is 0 Å². The number of nitrogens with zero attached hydrogens (tertiary/aromatic N) is 1. The molecule has 30 heavy (non-hydrogen) atoms. The monoisotopic (exact) mass is 408 g/mol. The summed E-state index contributed by atoms with van der Waals surface area (Å²) in [5, 5.41) is 3.07. The van der Waals surface area contributed by atoms with Crippen LogP contribution in [0.4, 0.5) is 0 Å². The van der Waals surface area contributed by atoms with Crippen LogP contribution >= 0.6 is 0 Å². The average molecular weight is 408 g/mol. The van der Waals surface area contributed by atoms with Crippen LogP contribution in [-0.4, -0.2) is 48.6 Å². The molecule has 4 rings (SSSR count). The molecular formula is C24H28N2O4. The summed E-state index contributed by atoms with van der Waals surface area (Å²) in [6.07, 6.45) is 1.61. The largest absolute Gasteiger partial charge is 0.485 e. The quantitative estimate of drug-likeness (QED) is 0.825. The van der Waals surface area contributed by atoms with Gasteiger partial charge >= 0.3 is 0 Å². The van der Waals surface area contributed by atoms with E-state index in [1.807, 2.05) is 60.4 Å². The Balaban J connectivity index is 1.28. The lowest BCUT2D eigenvalue weighted by Crippen LogP contribution is -2.52. The van der Waals surface area contributed by atoms with Gasteiger partial charge in [-0.1, -0.05) is 49.4 Å². The van der Waals surface area contributed by atoms with Crippen LogP contribution in [0.1, 0.15) is 37.7 Å². The predicted octanol–water partition coefficient (Wildman–Crippen LogP) is 3.13. The van der Waals surface area contributed by atoms with Crippen LogP contribution < -0.4 is 14.8 Å². The number of para-hydroxylation sites is 2. The van der Waals surface area contributed by atoms with Crippen molar-refractivity contribution in [3.63, 3.8) is 0 Å². The minimum atomic E-state index is -0.651. The zero-order valence-electron chi connectivity index (χ0n) is 17.3. The Labute approximate surface area is 177 Å². The first kappa shape index (κ1) is 20.3. The Kier molecular flexibility index (Phi) is 6.21. The molecule has 1 fully saturated rings. The normalized spacial score (nSPS) is 19.8. The van der Waals surface area contributed by atoms with Gasteiger partial charge in [0.15, 0.2) is 11.5 Å². The highest BCUT2D eigenvalue weighted by Gasteiger charge is 2.32. The smallest absolute Gasteiger partial charge is 0.264 e. The molecule has 2 heterocycles. The maximum absolute atomic E-state index is 13.0. The summed E-state index contributed by atoms with van der Waals surface area (Å²) < 4.78 is 11.4. The molecular weight excluding hydrogens is 380 g/mol. The van der Waals surface area contributed by atoms with E-state index in [4.69, 9.17) is 9.47 Å². The van der Waals surface area contributed by atoms with Crippen molar-refractivity contribution in [1.82, 2.24) is 10.2 Å². The molecule has 1 saturated heterocycles. The SMILES string of the molecule is CCC(C(=O)N1CCC(NC(=O)C2COc3ccccc3O2)CC1)c1ccccc1. The molecule has 0 bridgehead atoms. The summed E-state index contributed by atoms with van der Waals surface area (Å²) >= 11 is 0. The molecule has 2 amide bonds. The van der Waals surface area contributed by atoms with Crippen LogP contribution in [0.2, 0.25) is 0 Å². The molecule has 2 aliphatic rings. The van der Waals surface area contributed by atoms with Crippen molar-refractivity contribution < 1.29 is 19.1 Å². The fraction of sp³-hybridized carbons (Fsp3) is 0.417. The average Bonchev–Trinajstić information content (AvgIpc) is 2.80. The van der Waals surface area contributed by atoms with Crippen molar-refractivity contribution in [3.8, 4) is 11.5 Å². The van der Waals surface area contributed by atoms with Gasteiger partial charge in [0.2, 0.25) is 12.0 Å². The van der Waals surface area contributed by atoms with Crippen LogP contribution in [0.25, 0.3) is 0 Å². The summed E-state index contributed by atoms with van der Waals surface area (Å²) in [5.74, 6) is 1.16. The molecule has 6 nitrogen and oxygen atoms in total. The van der Waals surface area contributed by atoms with E-state index < -0.39 is 6.10 Å². The molecule has 2 aromatic rings. The van der Waals surface area contributed by atoms with Gasteiger partial charge in [-0.25, -0.2) is 0 Å². The lowest BCUT2D eigenvalue weighted by molar-refractivity contribution is -0.134. The number of fused-ring (bicyclic) bond motifs is 1. The van der Waals surface area contributed by atoms with E-state index in [2.05, 4.69) is 5.32 Å². The second kappa shape index (κ2) is 9.20. The second-order valence-electron chi connectivity index (χ2n) is 7.84. The summed E-state index contributed by atoms with van der Waals surface area (Å²) in [4.78, 5) is 27.6. The highest BCUT2D eigenvalue weighted by Crippen LogP contribution is 2.31. The first-order valence-electron chi connectivity index (χ1n) is 10.7. The second-order valence-corrected chi connectivity index (χ2v) is 7.84. The Morgan fingerprint density at radius 1 is 1.03 bits per heavy atom. The molecule has 0 aliphatic carbocycles. The summed E-state index contributed by atoms with van der Waals surface area (Å²) in [5.41, 5.74) is 1.06. The number of carbonyl (C=O) groups is 2. The molecule has 2 aromatic carbocycles. The van der Waals surface area contributed by atoms with Crippen molar-refractivity contribution >= 4 is 11.8 Å². The number of piperidine rings is 1. The molecule has 158 valence electrons. The minimum Gasteiger partial charge on any atom is -0.485 e. The van der Waals surface area contributed by atoms with Gasteiger partial charge in [-0.3, -0.25) is 9.59 Å². The fourth-order valence-corrected chi connectivity index (χ4v) is 4.15. The van der Waals surface area contributed by atoms with Gasteiger partial charge in [-0.2, -0.15) is 0 Å². The highest BCUT2D eigenvalue weighted by molar-refractivity contribution is 5.84. The minimum absolute atomic E-state index is 0.0409. The molecule has 0 spiro atoms. The number of likely N-dealkylation sites (tertiary alicyclic amines) is 1. The molecule has 0 aromatic heterocycles. The molecule has 6 heteroatoms. The van der Waals surface area contributed by atoms with Gasteiger partial charge < -0.3 is 19.7 Å². The van der Waals surface area contributed by atoms with Crippen molar-refractivity contribution in [3.05, 3.63) is 60.2 Å². The summed E-state index contributed by atoms with van der Waals surface area (Å²) in [7, 11) is 0. The van der Waals surface area contributed by atoms with Gasteiger partial charge in [0.1, 0.15) is 6.61 Å². The van der Waals surface area contributed by atoms with E-state index in [-0.39, 0.29) is 30.4 Å².